The Morgan fingerprint density at radius 3 is 2.68 bits per heavy atom. The van der Waals surface area contributed by atoms with Crippen LogP contribution in [0.2, 0.25) is 0 Å². The van der Waals surface area contributed by atoms with Crippen LogP contribution in [-0.2, 0) is 6.61 Å². The van der Waals surface area contributed by atoms with Crippen LogP contribution in [0, 0.1) is 6.92 Å². The van der Waals surface area contributed by atoms with Crippen molar-refractivity contribution in [2.24, 2.45) is 0 Å². The predicted octanol–water partition coefficient (Wildman–Crippen LogP) is 3.38. The second-order valence-corrected chi connectivity index (χ2v) is 5.07. The first-order valence-corrected chi connectivity index (χ1v) is 6.71. The first-order chi connectivity index (χ1) is 9.24. The Morgan fingerprint density at radius 1 is 1.11 bits per heavy atom. The molecule has 0 radical (unpaired) electrons. The van der Waals surface area contributed by atoms with Crippen LogP contribution in [0.1, 0.15) is 11.4 Å². The smallest absolute Gasteiger partial charge is 0.176 e. The zero-order chi connectivity index (χ0) is 13.2. The number of ether oxygens (including phenoxy) is 1. The van der Waals surface area contributed by atoms with Crippen molar-refractivity contribution in [3.63, 3.8) is 0 Å². The third kappa shape index (κ3) is 2.46. The molecule has 0 N–H and O–H groups in total. The third-order valence-electron chi connectivity index (χ3n) is 2.84. The van der Waals surface area contributed by atoms with E-state index in [4.69, 9.17) is 4.74 Å². The van der Waals surface area contributed by atoms with Crippen LogP contribution < -0.4 is 4.74 Å². The van der Waals surface area contributed by atoms with Crippen molar-refractivity contribution in [1.82, 2.24) is 14.6 Å². The SMILES string of the molecule is Cc1ccc(OCc2nnc3cccc(Br)n23)cc1. The average molecular weight is 318 g/mol. The van der Waals surface area contributed by atoms with Crippen molar-refractivity contribution in [2.45, 2.75) is 13.5 Å². The fraction of sp³-hybridized carbons (Fsp3) is 0.143. The molecule has 0 saturated carbocycles. The molecule has 5 heteroatoms. The summed E-state index contributed by atoms with van der Waals surface area (Å²) in [5.74, 6) is 1.59. The molecule has 1 aromatic carbocycles. The van der Waals surface area contributed by atoms with Crippen LogP contribution in [0.4, 0.5) is 0 Å². The van der Waals surface area contributed by atoms with Crippen molar-refractivity contribution in [1.29, 1.82) is 0 Å². The molecular weight excluding hydrogens is 306 g/mol. The van der Waals surface area contributed by atoms with Gasteiger partial charge in [-0.15, -0.1) is 10.2 Å². The van der Waals surface area contributed by atoms with Crippen LogP contribution in [0.25, 0.3) is 5.65 Å². The van der Waals surface area contributed by atoms with Gasteiger partial charge in [0, 0.05) is 0 Å². The Balaban J connectivity index is 1.84. The third-order valence-corrected chi connectivity index (χ3v) is 3.46. The van der Waals surface area contributed by atoms with Gasteiger partial charge in [-0.05, 0) is 47.1 Å². The van der Waals surface area contributed by atoms with Gasteiger partial charge in [-0.1, -0.05) is 23.8 Å². The summed E-state index contributed by atoms with van der Waals surface area (Å²) >= 11 is 3.49. The fourth-order valence-electron chi connectivity index (χ4n) is 1.84. The lowest BCUT2D eigenvalue weighted by atomic mass is 10.2. The van der Waals surface area contributed by atoms with Crippen molar-refractivity contribution >= 4 is 21.6 Å². The van der Waals surface area contributed by atoms with E-state index in [1.807, 2.05) is 53.8 Å². The Hall–Kier alpha value is -1.88. The van der Waals surface area contributed by atoms with Gasteiger partial charge in [0.15, 0.2) is 11.5 Å². The van der Waals surface area contributed by atoms with E-state index in [-0.39, 0.29) is 0 Å². The molecule has 96 valence electrons. The van der Waals surface area contributed by atoms with E-state index in [2.05, 4.69) is 26.1 Å². The molecular formula is C14H12BrN3O. The molecule has 0 saturated heterocycles. The van der Waals surface area contributed by atoms with Gasteiger partial charge in [0.2, 0.25) is 0 Å². The van der Waals surface area contributed by atoms with E-state index in [9.17, 15) is 0 Å². The number of benzene rings is 1. The highest BCUT2D eigenvalue weighted by atomic mass is 79.9. The zero-order valence-corrected chi connectivity index (χ0v) is 12.0. The van der Waals surface area contributed by atoms with E-state index in [1.165, 1.54) is 5.56 Å². The molecule has 0 atom stereocenters. The molecule has 2 heterocycles. The second kappa shape index (κ2) is 5.01. The molecule has 0 spiro atoms. The molecule has 3 rings (SSSR count). The highest BCUT2D eigenvalue weighted by molar-refractivity contribution is 9.10. The van der Waals surface area contributed by atoms with Crippen LogP contribution in [0.15, 0.2) is 47.1 Å². The molecule has 4 nitrogen and oxygen atoms in total. The lowest BCUT2D eigenvalue weighted by molar-refractivity contribution is 0.294. The molecule has 0 fully saturated rings. The number of halogens is 1. The maximum atomic E-state index is 5.72. The summed E-state index contributed by atoms with van der Waals surface area (Å²) in [6.45, 7) is 2.43. The Morgan fingerprint density at radius 2 is 1.89 bits per heavy atom. The quantitative estimate of drug-likeness (QED) is 0.695. The van der Waals surface area contributed by atoms with Gasteiger partial charge in [0.25, 0.3) is 0 Å². The minimum Gasteiger partial charge on any atom is -0.486 e. The summed E-state index contributed by atoms with van der Waals surface area (Å²) in [7, 11) is 0. The largest absolute Gasteiger partial charge is 0.486 e. The maximum absolute atomic E-state index is 5.72. The van der Waals surface area contributed by atoms with Gasteiger partial charge in [-0.3, -0.25) is 4.40 Å². The molecule has 0 aliphatic carbocycles. The molecule has 0 bridgehead atoms. The summed E-state index contributed by atoms with van der Waals surface area (Å²) in [5.41, 5.74) is 2.01. The maximum Gasteiger partial charge on any atom is 0.176 e. The van der Waals surface area contributed by atoms with Crippen molar-refractivity contribution in [2.75, 3.05) is 0 Å². The monoisotopic (exact) mass is 317 g/mol. The first kappa shape index (κ1) is 12.2. The highest BCUT2D eigenvalue weighted by Crippen LogP contribution is 2.17. The number of rotatable bonds is 3. The summed E-state index contributed by atoms with van der Waals surface area (Å²) in [4.78, 5) is 0. The number of hydrogen-bond donors (Lipinski definition) is 0. The molecule has 0 amide bonds. The van der Waals surface area contributed by atoms with E-state index < -0.39 is 0 Å². The fourth-order valence-corrected chi connectivity index (χ4v) is 2.37. The number of nitrogens with zero attached hydrogens (tertiary/aromatic N) is 3. The number of aryl methyl sites for hydroxylation is 1. The zero-order valence-electron chi connectivity index (χ0n) is 10.4. The highest BCUT2D eigenvalue weighted by Gasteiger charge is 2.08. The molecule has 19 heavy (non-hydrogen) atoms. The minimum absolute atomic E-state index is 0.382. The Kier molecular flexibility index (Phi) is 3.21. The van der Waals surface area contributed by atoms with Crippen LogP contribution in [0.5, 0.6) is 5.75 Å². The van der Waals surface area contributed by atoms with Crippen molar-refractivity contribution in [3.05, 3.63) is 58.5 Å². The van der Waals surface area contributed by atoms with Gasteiger partial charge in [-0.25, -0.2) is 0 Å². The van der Waals surface area contributed by atoms with Crippen molar-refractivity contribution in [3.8, 4) is 5.75 Å². The van der Waals surface area contributed by atoms with E-state index in [1.54, 1.807) is 0 Å². The number of fused-ring (bicyclic) bond motifs is 1. The summed E-state index contributed by atoms with van der Waals surface area (Å²) in [6.07, 6.45) is 0. The second-order valence-electron chi connectivity index (χ2n) is 4.26. The average Bonchev–Trinajstić information content (AvgIpc) is 2.83. The Labute approximate surface area is 119 Å². The molecule has 0 unspecified atom stereocenters. The summed E-state index contributed by atoms with van der Waals surface area (Å²) < 4.78 is 8.56. The minimum atomic E-state index is 0.382. The van der Waals surface area contributed by atoms with Crippen molar-refractivity contribution < 1.29 is 4.74 Å². The molecule has 2 aromatic heterocycles. The van der Waals surface area contributed by atoms with Crippen LogP contribution in [-0.4, -0.2) is 14.6 Å². The Bertz CT molecular complexity index is 706. The topological polar surface area (TPSA) is 39.4 Å². The van der Waals surface area contributed by atoms with Gasteiger partial charge >= 0.3 is 0 Å². The van der Waals surface area contributed by atoms with E-state index in [0.29, 0.717) is 6.61 Å². The molecule has 0 aliphatic heterocycles. The van der Waals surface area contributed by atoms with Gasteiger partial charge in [0.05, 0.1) is 4.60 Å². The number of pyridine rings is 1. The lowest BCUT2D eigenvalue weighted by Crippen LogP contribution is -2.02. The van der Waals surface area contributed by atoms with E-state index in [0.717, 1.165) is 21.8 Å². The molecule has 0 aliphatic rings. The van der Waals surface area contributed by atoms with Crippen LogP contribution >= 0.6 is 15.9 Å². The van der Waals surface area contributed by atoms with Gasteiger partial charge in [-0.2, -0.15) is 0 Å². The standard InChI is InChI=1S/C14H12BrN3O/c1-10-5-7-11(8-6-10)19-9-14-17-16-13-4-2-3-12(15)18(13)14/h2-8H,9H2,1H3. The predicted molar refractivity (Wildman–Crippen MR) is 76.2 cm³/mol. The normalized spacial score (nSPS) is 10.8. The van der Waals surface area contributed by atoms with Gasteiger partial charge in [0.1, 0.15) is 12.4 Å². The van der Waals surface area contributed by atoms with Gasteiger partial charge < -0.3 is 4.74 Å². The molecule has 3 aromatic rings. The summed E-state index contributed by atoms with van der Waals surface area (Å²) in [6, 6.07) is 13.7. The first-order valence-electron chi connectivity index (χ1n) is 5.92. The lowest BCUT2D eigenvalue weighted by Gasteiger charge is -2.06. The van der Waals surface area contributed by atoms with E-state index >= 15 is 0 Å². The summed E-state index contributed by atoms with van der Waals surface area (Å²) in [5, 5.41) is 8.26. The van der Waals surface area contributed by atoms with Crippen LogP contribution in [0.3, 0.4) is 0 Å². The number of hydrogen-bond acceptors (Lipinski definition) is 3. The number of aromatic nitrogens is 3.